The molecule has 0 aromatic heterocycles. The lowest BCUT2D eigenvalue weighted by atomic mass is 10.1. The number of hydrogen-bond donors (Lipinski definition) is 1. The van der Waals surface area contributed by atoms with Crippen LogP contribution in [0.15, 0.2) is 18.2 Å². The van der Waals surface area contributed by atoms with Crippen molar-refractivity contribution in [1.29, 1.82) is 0 Å². The van der Waals surface area contributed by atoms with Gasteiger partial charge in [-0.1, -0.05) is 17.7 Å². The first kappa shape index (κ1) is 9.49. The number of amides is 1. The summed E-state index contributed by atoms with van der Waals surface area (Å²) in [5.41, 5.74) is 1.77. The summed E-state index contributed by atoms with van der Waals surface area (Å²) in [5, 5.41) is 3.60. The Hall–Kier alpha value is -1.06. The summed E-state index contributed by atoms with van der Waals surface area (Å²) in [4.78, 5) is 13.4. The molecule has 0 fully saturated rings. The highest BCUT2D eigenvalue weighted by molar-refractivity contribution is 6.32. The molecule has 1 aliphatic rings. The van der Waals surface area contributed by atoms with E-state index in [4.69, 9.17) is 11.6 Å². The molecule has 0 saturated carbocycles. The Morgan fingerprint density at radius 1 is 1.50 bits per heavy atom. The number of likely N-dealkylation sites (N-methyl/N-ethyl adjacent to an activating group) is 2. The van der Waals surface area contributed by atoms with Crippen LogP contribution >= 0.6 is 11.6 Å². The summed E-state index contributed by atoms with van der Waals surface area (Å²) in [6, 6.07) is 5.25. The number of carbonyl (C=O) groups excluding carboxylic acids is 1. The van der Waals surface area contributed by atoms with Crippen molar-refractivity contribution in [3.63, 3.8) is 0 Å². The largest absolute Gasteiger partial charge is 0.313 e. The third-order valence-corrected chi connectivity index (χ3v) is 2.88. The molecule has 2 rings (SSSR count). The highest BCUT2D eigenvalue weighted by atomic mass is 35.5. The molecular formula is C10H11ClN2O. The minimum absolute atomic E-state index is 0.0376. The van der Waals surface area contributed by atoms with E-state index in [9.17, 15) is 4.79 Å². The van der Waals surface area contributed by atoms with E-state index in [0.717, 1.165) is 11.3 Å². The normalized spacial score (nSPS) is 20.1. The van der Waals surface area contributed by atoms with Crippen molar-refractivity contribution >= 4 is 23.2 Å². The average Bonchev–Trinajstić information content (AvgIpc) is 2.43. The summed E-state index contributed by atoms with van der Waals surface area (Å²) >= 11 is 6.05. The SMILES string of the molecule is CNC1C(=O)N(C)c2cccc(Cl)c21. The number of nitrogens with one attached hydrogen (secondary N) is 1. The predicted octanol–water partition coefficient (Wildman–Crippen LogP) is 1.58. The van der Waals surface area contributed by atoms with Crippen LogP contribution in [0.5, 0.6) is 0 Å². The van der Waals surface area contributed by atoms with Crippen molar-refractivity contribution < 1.29 is 4.79 Å². The molecule has 1 N–H and O–H groups in total. The van der Waals surface area contributed by atoms with Gasteiger partial charge in [0, 0.05) is 17.6 Å². The number of benzene rings is 1. The minimum Gasteiger partial charge on any atom is -0.313 e. The quantitative estimate of drug-likeness (QED) is 0.764. The van der Waals surface area contributed by atoms with E-state index in [1.54, 1.807) is 25.1 Å². The smallest absolute Gasteiger partial charge is 0.248 e. The summed E-state index contributed by atoms with van der Waals surface area (Å²) in [6.07, 6.45) is 0. The third kappa shape index (κ3) is 1.13. The van der Waals surface area contributed by atoms with Crippen molar-refractivity contribution in [2.45, 2.75) is 6.04 Å². The van der Waals surface area contributed by atoms with E-state index in [1.807, 2.05) is 12.1 Å². The highest BCUT2D eigenvalue weighted by Gasteiger charge is 2.35. The van der Waals surface area contributed by atoms with E-state index in [0.29, 0.717) is 5.02 Å². The topological polar surface area (TPSA) is 32.3 Å². The molecule has 3 nitrogen and oxygen atoms in total. The lowest BCUT2D eigenvalue weighted by Crippen LogP contribution is -2.30. The van der Waals surface area contributed by atoms with Gasteiger partial charge in [-0.05, 0) is 19.2 Å². The number of hydrogen-bond acceptors (Lipinski definition) is 2. The van der Waals surface area contributed by atoms with Crippen LogP contribution in [0, 0.1) is 0 Å². The molecule has 1 aromatic rings. The number of carbonyl (C=O) groups is 1. The van der Waals surface area contributed by atoms with Gasteiger partial charge in [0.25, 0.3) is 0 Å². The summed E-state index contributed by atoms with van der Waals surface area (Å²) in [5.74, 6) is 0.0376. The van der Waals surface area contributed by atoms with Crippen molar-refractivity contribution in [2.24, 2.45) is 0 Å². The first-order chi connectivity index (χ1) is 6.66. The molecule has 4 heteroatoms. The second-order valence-electron chi connectivity index (χ2n) is 3.29. The van der Waals surface area contributed by atoms with E-state index in [2.05, 4.69) is 5.32 Å². The molecule has 1 atom stereocenters. The van der Waals surface area contributed by atoms with Crippen LogP contribution in [0.1, 0.15) is 11.6 Å². The van der Waals surface area contributed by atoms with Crippen molar-refractivity contribution in [3.8, 4) is 0 Å². The van der Waals surface area contributed by atoms with Gasteiger partial charge in [-0.15, -0.1) is 0 Å². The van der Waals surface area contributed by atoms with E-state index in [-0.39, 0.29) is 11.9 Å². The van der Waals surface area contributed by atoms with Crippen LogP contribution in [-0.2, 0) is 4.79 Å². The second kappa shape index (κ2) is 3.26. The predicted molar refractivity (Wildman–Crippen MR) is 56.7 cm³/mol. The lowest BCUT2D eigenvalue weighted by molar-refractivity contribution is -0.119. The van der Waals surface area contributed by atoms with Gasteiger partial charge in [-0.2, -0.15) is 0 Å². The minimum atomic E-state index is -0.302. The van der Waals surface area contributed by atoms with E-state index < -0.39 is 0 Å². The molecule has 14 heavy (non-hydrogen) atoms. The third-order valence-electron chi connectivity index (χ3n) is 2.55. The first-order valence-electron chi connectivity index (χ1n) is 4.40. The van der Waals surface area contributed by atoms with Gasteiger partial charge in [0.2, 0.25) is 5.91 Å². The zero-order chi connectivity index (χ0) is 10.3. The maximum atomic E-state index is 11.8. The lowest BCUT2D eigenvalue weighted by Gasteiger charge is -2.09. The zero-order valence-corrected chi connectivity index (χ0v) is 8.80. The van der Waals surface area contributed by atoms with Crippen LogP contribution in [0.2, 0.25) is 5.02 Å². The molecule has 1 aromatic carbocycles. The van der Waals surface area contributed by atoms with E-state index in [1.165, 1.54) is 0 Å². The van der Waals surface area contributed by atoms with Gasteiger partial charge in [-0.3, -0.25) is 4.79 Å². The molecule has 0 radical (unpaired) electrons. The molecule has 0 bridgehead atoms. The van der Waals surface area contributed by atoms with Crippen molar-refractivity contribution in [2.75, 3.05) is 19.0 Å². The molecule has 0 aliphatic carbocycles. The summed E-state index contributed by atoms with van der Waals surface area (Å²) < 4.78 is 0. The average molecular weight is 211 g/mol. The molecule has 1 amide bonds. The van der Waals surface area contributed by atoms with Gasteiger partial charge in [0.05, 0.1) is 5.69 Å². The molecule has 0 saturated heterocycles. The van der Waals surface area contributed by atoms with Crippen LogP contribution in [0.3, 0.4) is 0 Å². The molecule has 1 heterocycles. The fraction of sp³-hybridized carbons (Fsp3) is 0.300. The van der Waals surface area contributed by atoms with Gasteiger partial charge >= 0.3 is 0 Å². The molecule has 1 unspecified atom stereocenters. The van der Waals surface area contributed by atoms with Crippen molar-refractivity contribution in [1.82, 2.24) is 5.32 Å². The summed E-state index contributed by atoms with van der Waals surface area (Å²) in [6.45, 7) is 0. The molecule has 74 valence electrons. The second-order valence-corrected chi connectivity index (χ2v) is 3.70. The standard InChI is InChI=1S/C10H11ClN2O/c1-12-9-8-6(11)4-3-5-7(8)13(2)10(9)14/h3-5,9,12H,1-2H3. The number of nitrogens with zero attached hydrogens (tertiary/aromatic N) is 1. The molecule has 0 spiro atoms. The van der Waals surface area contributed by atoms with Crippen LogP contribution < -0.4 is 10.2 Å². The number of halogens is 1. The van der Waals surface area contributed by atoms with Gasteiger partial charge < -0.3 is 10.2 Å². The highest BCUT2D eigenvalue weighted by Crippen LogP contribution is 2.38. The van der Waals surface area contributed by atoms with Gasteiger partial charge in [0.15, 0.2) is 0 Å². The monoisotopic (exact) mass is 210 g/mol. The number of rotatable bonds is 1. The molecule has 1 aliphatic heterocycles. The van der Waals surface area contributed by atoms with Crippen LogP contribution in [0.25, 0.3) is 0 Å². The molecular weight excluding hydrogens is 200 g/mol. The Kier molecular flexibility index (Phi) is 2.21. The van der Waals surface area contributed by atoms with Gasteiger partial charge in [-0.25, -0.2) is 0 Å². The number of fused-ring (bicyclic) bond motifs is 1. The maximum Gasteiger partial charge on any atom is 0.248 e. The summed E-state index contributed by atoms with van der Waals surface area (Å²) in [7, 11) is 3.52. The fourth-order valence-electron chi connectivity index (χ4n) is 1.81. The Balaban J connectivity index is 2.62. The first-order valence-corrected chi connectivity index (χ1v) is 4.78. The fourth-order valence-corrected chi connectivity index (χ4v) is 2.09. The van der Waals surface area contributed by atoms with Crippen LogP contribution in [-0.4, -0.2) is 20.0 Å². The van der Waals surface area contributed by atoms with Crippen molar-refractivity contribution in [3.05, 3.63) is 28.8 Å². The zero-order valence-electron chi connectivity index (χ0n) is 8.04. The Bertz CT molecular complexity index is 392. The number of anilines is 1. The Morgan fingerprint density at radius 2 is 2.21 bits per heavy atom. The maximum absolute atomic E-state index is 11.8. The Labute approximate surface area is 87.7 Å². The van der Waals surface area contributed by atoms with Crippen LogP contribution in [0.4, 0.5) is 5.69 Å². The Morgan fingerprint density at radius 3 is 2.86 bits per heavy atom. The van der Waals surface area contributed by atoms with Gasteiger partial charge in [0.1, 0.15) is 6.04 Å². The van der Waals surface area contributed by atoms with E-state index >= 15 is 0 Å².